The Balaban J connectivity index is 2.30. The third-order valence-electron chi connectivity index (χ3n) is 2.77. The van der Waals surface area contributed by atoms with Crippen molar-refractivity contribution in [2.45, 2.75) is 39.2 Å². The molecule has 13 heavy (non-hydrogen) atoms. The van der Waals surface area contributed by atoms with Gasteiger partial charge in [-0.3, -0.25) is 4.79 Å². The number of hydrogen-bond donors (Lipinski definition) is 2. The zero-order valence-corrected chi connectivity index (χ0v) is 8.42. The Hall–Kier alpha value is -0.570. The Bertz CT molecular complexity index is 180. The summed E-state index contributed by atoms with van der Waals surface area (Å²) in [6.45, 7) is 4.18. The first kappa shape index (κ1) is 10.5. The largest absolute Gasteiger partial charge is 0.392 e. The molecule has 1 amide bonds. The van der Waals surface area contributed by atoms with E-state index in [4.69, 9.17) is 5.11 Å². The molecule has 0 heterocycles. The molecule has 0 aliphatic heterocycles. The number of rotatable bonds is 3. The molecule has 0 spiro atoms. The number of nitrogens with one attached hydrogen (secondary N) is 1. The monoisotopic (exact) mass is 185 g/mol. The third kappa shape index (κ3) is 2.99. The number of carbonyl (C=O) groups excluding carboxylic acids is 1. The van der Waals surface area contributed by atoms with Crippen molar-refractivity contribution in [1.82, 2.24) is 5.32 Å². The van der Waals surface area contributed by atoms with E-state index in [1.807, 2.05) is 0 Å². The minimum atomic E-state index is -0.444. The molecule has 2 N–H and O–H groups in total. The lowest BCUT2D eigenvalue weighted by molar-refractivity contribution is -0.126. The van der Waals surface area contributed by atoms with Crippen LogP contribution in [0.3, 0.4) is 0 Å². The number of hydrogen-bond acceptors (Lipinski definition) is 2. The molecule has 3 nitrogen and oxygen atoms in total. The van der Waals surface area contributed by atoms with E-state index < -0.39 is 6.10 Å². The molecule has 0 radical (unpaired) electrons. The molecule has 0 aromatic heterocycles. The van der Waals surface area contributed by atoms with E-state index in [1.165, 1.54) is 0 Å². The summed E-state index contributed by atoms with van der Waals surface area (Å²) in [6.07, 6.45) is 2.88. The summed E-state index contributed by atoms with van der Waals surface area (Å²) in [5.41, 5.74) is 0. The van der Waals surface area contributed by atoms with Crippen LogP contribution in [0.2, 0.25) is 0 Å². The van der Waals surface area contributed by atoms with E-state index in [9.17, 15) is 4.79 Å². The van der Waals surface area contributed by atoms with Gasteiger partial charge >= 0.3 is 0 Å². The molecule has 0 bridgehead atoms. The Kier molecular flexibility index (Phi) is 3.72. The lowest BCUT2D eigenvalue weighted by Crippen LogP contribution is -2.36. The van der Waals surface area contributed by atoms with Crippen molar-refractivity contribution in [3.05, 3.63) is 0 Å². The Morgan fingerprint density at radius 2 is 2.31 bits per heavy atom. The van der Waals surface area contributed by atoms with Crippen molar-refractivity contribution in [1.29, 1.82) is 0 Å². The highest BCUT2D eigenvalue weighted by Gasteiger charge is 2.29. The van der Waals surface area contributed by atoms with Crippen LogP contribution < -0.4 is 5.32 Å². The molecule has 0 aromatic rings. The standard InChI is InChI=1S/C10H19NO2/c1-7-4-3-5-9(7)10(13)11-6-8(2)12/h7-9,12H,3-6H2,1-2H3,(H,11,13)/t7?,8-,9?/m1/s1. The summed E-state index contributed by atoms with van der Waals surface area (Å²) in [7, 11) is 0. The highest BCUT2D eigenvalue weighted by Crippen LogP contribution is 2.30. The van der Waals surface area contributed by atoms with Gasteiger partial charge in [0.2, 0.25) is 5.91 Å². The zero-order chi connectivity index (χ0) is 9.84. The van der Waals surface area contributed by atoms with Crippen molar-refractivity contribution in [2.75, 3.05) is 6.54 Å². The van der Waals surface area contributed by atoms with Crippen LogP contribution in [0.1, 0.15) is 33.1 Å². The lowest BCUT2D eigenvalue weighted by atomic mass is 9.97. The predicted octanol–water partition coefficient (Wildman–Crippen LogP) is 0.920. The average molecular weight is 185 g/mol. The average Bonchev–Trinajstić information content (AvgIpc) is 2.47. The molecule has 1 aliphatic carbocycles. The minimum absolute atomic E-state index is 0.117. The fourth-order valence-corrected chi connectivity index (χ4v) is 1.91. The van der Waals surface area contributed by atoms with Crippen LogP contribution in [0.5, 0.6) is 0 Å². The van der Waals surface area contributed by atoms with Crippen LogP contribution in [-0.4, -0.2) is 23.7 Å². The summed E-state index contributed by atoms with van der Waals surface area (Å²) in [5, 5.41) is 11.8. The molecule has 0 aromatic carbocycles. The summed E-state index contributed by atoms with van der Waals surface area (Å²) >= 11 is 0. The summed E-state index contributed by atoms with van der Waals surface area (Å²) in [5.74, 6) is 0.804. The molecule has 1 fully saturated rings. The van der Waals surface area contributed by atoms with Crippen LogP contribution >= 0.6 is 0 Å². The smallest absolute Gasteiger partial charge is 0.223 e. The lowest BCUT2D eigenvalue weighted by Gasteiger charge is -2.15. The van der Waals surface area contributed by atoms with Gasteiger partial charge in [0.1, 0.15) is 0 Å². The molecule has 1 aliphatic rings. The van der Waals surface area contributed by atoms with Crippen LogP contribution in [0.4, 0.5) is 0 Å². The van der Waals surface area contributed by atoms with Crippen molar-refractivity contribution in [3.8, 4) is 0 Å². The maximum Gasteiger partial charge on any atom is 0.223 e. The predicted molar refractivity (Wildman–Crippen MR) is 51.2 cm³/mol. The molecule has 1 rings (SSSR count). The quantitative estimate of drug-likeness (QED) is 0.687. The molecular weight excluding hydrogens is 166 g/mol. The van der Waals surface area contributed by atoms with Gasteiger partial charge in [0.15, 0.2) is 0 Å². The zero-order valence-electron chi connectivity index (χ0n) is 8.42. The SMILES string of the molecule is CC1CCCC1C(=O)NC[C@@H](C)O. The number of aliphatic hydroxyl groups is 1. The number of carbonyl (C=O) groups is 1. The van der Waals surface area contributed by atoms with Crippen molar-refractivity contribution >= 4 is 5.91 Å². The fraction of sp³-hybridized carbons (Fsp3) is 0.900. The van der Waals surface area contributed by atoms with Crippen molar-refractivity contribution in [3.63, 3.8) is 0 Å². The van der Waals surface area contributed by atoms with E-state index in [-0.39, 0.29) is 11.8 Å². The Morgan fingerprint density at radius 1 is 1.62 bits per heavy atom. The first-order chi connectivity index (χ1) is 6.11. The van der Waals surface area contributed by atoms with Crippen LogP contribution in [0, 0.1) is 11.8 Å². The normalized spacial score (nSPS) is 30.1. The van der Waals surface area contributed by atoms with E-state index in [0.717, 1.165) is 19.3 Å². The van der Waals surface area contributed by atoms with Gasteiger partial charge in [-0.05, 0) is 25.7 Å². The molecule has 1 saturated carbocycles. The Labute approximate surface area is 79.5 Å². The highest BCUT2D eigenvalue weighted by molar-refractivity contribution is 5.79. The van der Waals surface area contributed by atoms with Crippen molar-refractivity contribution in [2.24, 2.45) is 11.8 Å². The molecule has 2 unspecified atom stereocenters. The second kappa shape index (κ2) is 4.61. The minimum Gasteiger partial charge on any atom is -0.392 e. The summed E-state index contributed by atoms with van der Waals surface area (Å²) < 4.78 is 0. The molecule has 76 valence electrons. The first-order valence-corrected chi connectivity index (χ1v) is 5.07. The van der Waals surface area contributed by atoms with Gasteiger partial charge in [-0.25, -0.2) is 0 Å². The van der Waals surface area contributed by atoms with Gasteiger partial charge < -0.3 is 10.4 Å². The van der Waals surface area contributed by atoms with Gasteiger partial charge in [-0.15, -0.1) is 0 Å². The van der Waals surface area contributed by atoms with Crippen LogP contribution in [0.25, 0.3) is 0 Å². The van der Waals surface area contributed by atoms with E-state index in [1.54, 1.807) is 6.92 Å². The molecular formula is C10H19NO2. The first-order valence-electron chi connectivity index (χ1n) is 5.07. The van der Waals surface area contributed by atoms with Crippen molar-refractivity contribution < 1.29 is 9.90 Å². The van der Waals surface area contributed by atoms with Gasteiger partial charge in [-0.1, -0.05) is 13.3 Å². The third-order valence-corrected chi connectivity index (χ3v) is 2.77. The van der Waals surface area contributed by atoms with E-state index in [2.05, 4.69) is 12.2 Å². The Morgan fingerprint density at radius 3 is 2.77 bits per heavy atom. The maximum atomic E-state index is 11.5. The number of amides is 1. The topological polar surface area (TPSA) is 49.3 Å². The summed E-state index contributed by atoms with van der Waals surface area (Å²) in [4.78, 5) is 11.5. The van der Waals surface area contributed by atoms with Crippen LogP contribution in [0.15, 0.2) is 0 Å². The maximum absolute atomic E-state index is 11.5. The highest BCUT2D eigenvalue weighted by atomic mass is 16.3. The fourth-order valence-electron chi connectivity index (χ4n) is 1.91. The van der Waals surface area contributed by atoms with Gasteiger partial charge in [0.05, 0.1) is 6.10 Å². The summed E-state index contributed by atoms with van der Waals surface area (Å²) in [6, 6.07) is 0. The molecule has 3 heteroatoms. The molecule has 3 atom stereocenters. The van der Waals surface area contributed by atoms with Gasteiger partial charge in [0, 0.05) is 12.5 Å². The van der Waals surface area contributed by atoms with Gasteiger partial charge in [0.25, 0.3) is 0 Å². The van der Waals surface area contributed by atoms with Gasteiger partial charge in [-0.2, -0.15) is 0 Å². The van der Waals surface area contributed by atoms with Crippen LogP contribution in [-0.2, 0) is 4.79 Å². The second-order valence-electron chi connectivity index (χ2n) is 4.11. The van der Waals surface area contributed by atoms with E-state index in [0.29, 0.717) is 12.5 Å². The molecule has 0 saturated heterocycles. The number of aliphatic hydroxyl groups excluding tert-OH is 1. The van der Waals surface area contributed by atoms with E-state index >= 15 is 0 Å². The second-order valence-corrected chi connectivity index (χ2v) is 4.11.